The largest absolute Gasteiger partial charge is 0.494 e. The first-order valence-electron chi connectivity index (χ1n) is 8.92. The molecule has 5 N–H and O–H groups in total. The van der Waals surface area contributed by atoms with Crippen molar-refractivity contribution in [2.24, 2.45) is 0 Å². The van der Waals surface area contributed by atoms with Gasteiger partial charge in [-0.05, 0) is 55.6 Å². The molecule has 7 nitrogen and oxygen atoms in total. The van der Waals surface area contributed by atoms with Gasteiger partial charge in [0.25, 0.3) is 0 Å². The number of hydrogen-bond donors (Lipinski definition) is 5. The number of hydrazine groups is 1. The molecule has 1 aromatic carbocycles. The number of benzene rings is 1. The Hall–Kier alpha value is -1.68. The van der Waals surface area contributed by atoms with Crippen molar-refractivity contribution < 1.29 is 14.4 Å². The van der Waals surface area contributed by atoms with Crippen molar-refractivity contribution in [1.82, 2.24) is 16.2 Å². The Morgan fingerprint density at radius 1 is 1.12 bits per heavy atom. The van der Waals surface area contributed by atoms with Crippen LogP contribution < -0.4 is 31.1 Å². The molecular weight excluding hydrogens is 370 g/mol. The van der Waals surface area contributed by atoms with E-state index in [-0.39, 0.29) is 0 Å². The molecular formula is C17H28N5O2S2+. The van der Waals surface area contributed by atoms with Crippen molar-refractivity contribution in [1.29, 1.82) is 0 Å². The lowest BCUT2D eigenvalue weighted by molar-refractivity contribution is -0.908. The van der Waals surface area contributed by atoms with Gasteiger partial charge in [0, 0.05) is 18.7 Å². The Kier molecular flexibility index (Phi) is 9.40. The molecule has 0 spiro atoms. The van der Waals surface area contributed by atoms with Crippen molar-refractivity contribution in [3.63, 3.8) is 0 Å². The molecule has 0 amide bonds. The maximum Gasteiger partial charge on any atom is 0.189 e. The summed E-state index contributed by atoms with van der Waals surface area (Å²) in [5.41, 5.74) is 6.64. The molecule has 0 aliphatic carbocycles. The predicted molar refractivity (Wildman–Crippen MR) is 112 cm³/mol. The standard InChI is InChI=1S/C17H27N5O2S2/c1-2-24-15-6-4-14(5-7-15)19-17(26)21-20-16(25)18-8-3-9-22-10-12-23-13-11-22/h4-7H,2-3,8-13H2,1H3,(H2,18,20,25)(H2,19,21,26)/p+1. The number of thiocarbonyl (C=S) groups is 2. The zero-order valence-corrected chi connectivity index (χ0v) is 16.7. The summed E-state index contributed by atoms with van der Waals surface area (Å²) in [6.45, 7) is 8.48. The molecule has 1 aliphatic heterocycles. The number of quaternary nitrogens is 1. The second-order valence-electron chi connectivity index (χ2n) is 5.88. The molecule has 1 fully saturated rings. The van der Waals surface area contributed by atoms with E-state index in [4.69, 9.17) is 33.9 Å². The first-order valence-corrected chi connectivity index (χ1v) is 9.74. The third kappa shape index (κ3) is 8.13. The highest BCUT2D eigenvalue weighted by Gasteiger charge is 2.12. The average molecular weight is 399 g/mol. The smallest absolute Gasteiger partial charge is 0.189 e. The van der Waals surface area contributed by atoms with Gasteiger partial charge < -0.3 is 25.0 Å². The van der Waals surface area contributed by atoms with Crippen molar-refractivity contribution in [3.05, 3.63) is 24.3 Å². The Labute approximate surface area is 165 Å². The van der Waals surface area contributed by atoms with E-state index in [9.17, 15) is 0 Å². The van der Waals surface area contributed by atoms with Crippen molar-refractivity contribution in [2.75, 3.05) is 51.3 Å². The zero-order valence-electron chi connectivity index (χ0n) is 15.1. The van der Waals surface area contributed by atoms with Gasteiger partial charge in [-0.2, -0.15) is 0 Å². The second-order valence-corrected chi connectivity index (χ2v) is 6.70. The highest BCUT2D eigenvalue weighted by molar-refractivity contribution is 7.80. The van der Waals surface area contributed by atoms with Gasteiger partial charge in [-0.15, -0.1) is 0 Å². The summed E-state index contributed by atoms with van der Waals surface area (Å²) >= 11 is 10.5. The van der Waals surface area contributed by atoms with Gasteiger partial charge in [0.15, 0.2) is 10.2 Å². The molecule has 0 radical (unpaired) electrons. The van der Waals surface area contributed by atoms with E-state index >= 15 is 0 Å². The molecule has 0 saturated carbocycles. The highest BCUT2D eigenvalue weighted by Crippen LogP contribution is 2.15. The fraction of sp³-hybridized carbons (Fsp3) is 0.529. The molecule has 2 rings (SSSR count). The van der Waals surface area contributed by atoms with E-state index in [1.54, 1.807) is 4.90 Å². The van der Waals surface area contributed by atoms with Crippen LogP contribution in [-0.4, -0.2) is 56.2 Å². The summed E-state index contributed by atoms with van der Waals surface area (Å²) in [7, 11) is 0. The Morgan fingerprint density at radius 2 is 1.81 bits per heavy atom. The minimum atomic E-state index is 0.441. The van der Waals surface area contributed by atoms with E-state index in [1.807, 2.05) is 31.2 Å². The van der Waals surface area contributed by atoms with Crippen LogP contribution in [0.25, 0.3) is 0 Å². The third-order valence-corrected chi connectivity index (χ3v) is 4.36. The van der Waals surface area contributed by atoms with Crippen molar-refractivity contribution in [2.45, 2.75) is 13.3 Å². The lowest BCUT2D eigenvalue weighted by Crippen LogP contribution is -3.14. The number of rotatable bonds is 7. The second kappa shape index (κ2) is 11.8. The molecule has 0 aromatic heterocycles. The van der Waals surface area contributed by atoms with Gasteiger partial charge in [0.1, 0.15) is 18.8 Å². The van der Waals surface area contributed by atoms with Gasteiger partial charge in [0.05, 0.1) is 26.4 Å². The number of ether oxygens (including phenoxy) is 2. The number of morpholine rings is 1. The van der Waals surface area contributed by atoms with E-state index < -0.39 is 0 Å². The Bertz CT molecular complexity index is 565. The maximum atomic E-state index is 5.41. The first-order chi connectivity index (χ1) is 12.7. The van der Waals surface area contributed by atoms with Gasteiger partial charge in [-0.1, -0.05) is 0 Å². The number of nitrogens with one attached hydrogen (secondary N) is 5. The van der Waals surface area contributed by atoms with Gasteiger partial charge in [-0.3, -0.25) is 10.9 Å². The molecule has 26 heavy (non-hydrogen) atoms. The molecule has 1 aliphatic rings. The monoisotopic (exact) mass is 398 g/mol. The molecule has 0 atom stereocenters. The van der Waals surface area contributed by atoms with E-state index in [1.165, 1.54) is 0 Å². The van der Waals surface area contributed by atoms with Crippen LogP contribution in [0.1, 0.15) is 13.3 Å². The van der Waals surface area contributed by atoms with Crippen LogP contribution in [0.5, 0.6) is 5.75 Å². The van der Waals surface area contributed by atoms with Crippen LogP contribution in [0.15, 0.2) is 24.3 Å². The summed E-state index contributed by atoms with van der Waals surface area (Å²) in [6.07, 6.45) is 1.06. The van der Waals surface area contributed by atoms with Gasteiger partial charge in [0.2, 0.25) is 0 Å². The van der Waals surface area contributed by atoms with Crippen LogP contribution in [-0.2, 0) is 4.74 Å². The number of hydrogen-bond acceptors (Lipinski definition) is 4. The lowest BCUT2D eigenvalue weighted by atomic mass is 10.3. The molecule has 1 heterocycles. The molecule has 0 bridgehead atoms. The van der Waals surface area contributed by atoms with Gasteiger partial charge in [-0.25, -0.2) is 0 Å². The predicted octanol–water partition coefficient (Wildman–Crippen LogP) is 0.0560. The van der Waals surface area contributed by atoms with E-state index in [2.05, 4.69) is 21.5 Å². The van der Waals surface area contributed by atoms with Crippen LogP contribution in [0, 0.1) is 0 Å². The highest BCUT2D eigenvalue weighted by atomic mass is 32.1. The fourth-order valence-corrected chi connectivity index (χ4v) is 2.89. The van der Waals surface area contributed by atoms with Crippen LogP contribution in [0.4, 0.5) is 5.69 Å². The molecule has 1 aromatic rings. The van der Waals surface area contributed by atoms with Crippen molar-refractivity contribution in [3.8, 4) is 5.75 Å². The summed E-state index contributed by atoms with van der Waals surface area (Å²) in [4.78, 5) is 1.59. The van der Waals surface area contributed by atoms with Crippen LogP contribution in [0.2, 0.25) is 0 Å². The minimum Gasteiger partial charge on any atom is -0.494 e. The SMILES string of the molecule is CCOc1ccc(NC(=S)NNC(=S)NCCC[NH+]2CCOCC2)cc1. The summed E-state index contributed by atoms with van der Waals surface area (Å²) in [5, 5.41) is 7.22. The molecule has 0 unspecified atom stereocenters. The third-order valence-electron chi connectivity index (χ3n) is 3.91. The minimum absolute atomic E-state index is 0.441. The average Bonchev–Trinajstić information content (AvgIpc) is 2.66. The summed E-state index contributed by atoms with van der Waals surface area (Å²) in [6, 6.07) is 7.60. The van der Waals surface area contributed by atoms with E-state index in [0.717, 1.165) is 57.3 Å². The summed E-state index contributed by atoms with van der Waals surface area (Å²) < 4.78 is 10.8. The fourth-order valence-electron chi connectivity index (χ4n) is 2.57. The van der Waals surface area contributed by atoms with Crippen molar-refractivity contribution >= 4 is 40.3 Å². The summed E-state index contributed by atoms with van der Waals surface area (Å²) in [5.74, 6) is 0.833. The normalized spacial score (nSPS) is 14.3. The molecule has 9 heteroatoms. The van der Waals surface area contributed by atoms with E-state index in [0.29, 0.717) is 16.8 Å². The van der Waals surface area contributed by atoms with Crippen LogP contribution >= 0.6 is 24.4 Å². The lowest BCUT2D eigenvalue weighted by Gasteiger charge is -2.23. The zero-order chi connectivity index (χ0) is 18.6. The molecule has 1 saturated heterocycles. The Balaban J connectivity index is 1.55. The maximum absolute atomic E-state index is 5.41. The molecule has 144 valence electrons. The Morgan fingerprint density at radius 3 is 2.50 bits per heavy atom. The topological polar surface area (TPSA) is 71.0 Å². The quantitative estimate of drug-likeness (QED) is 0.251. The van der Waals surface area contributed by atoms with Gasteiger partial charge >= 0.3 is 0 Å². The number of anilines is 1. The van der Waals surface area contributed by atoms with Crippen LogP contribution in [0.3, 0.4) is 0 Å². The first kappa shape index (κ1) is 20.6.